The molecular weight excluding hydrogens is 198 g/mol. The number of aryl methyl sites for hydroxylation is 1. The minimum absolute atomic E-state index is 0.0973. The number of nitrogens with zero attached hydrogens (tertiary/aromatic N) is 3. The Labute approximate surface area is 90.5 Å². The van der Waals surface area contributed by atoms with Gasteiger partial charge in [-0.1, -0.05) is 20.8 Å². The molecule has 0 aliphatic heterocycles. The van der Waals surface area contributed by atoms with Gasteiger partial charge in [0.15, 0.2) is 0 Å². The number of halogens is 1. The number of hydrogen-bond acceptors (Lipinski definition) is 2. The van der Waals surface area contributed by atoms with Gasteiger partial charge in [0.2, 0.25) is 0 Å². The van der Waals surface area contributed by atoms with Crippen molar-refractivity contribution in [1.29, 1.82) is 0 Å². The van der Waals surface area contributed by atoms with Crippen LogP contribution in [0.2, 0.25) is 0 Å². The van der Waals surface area contributed by atoms with Gasteiger partial charge in [0.1, 0.15) is 12.2 Å². The van der Waals surface area contributed by atoms with E-state index in [0.717, 1.165) is 25.2 Å². The van der Waals surface area contributed by atoms with E-state index in [-0.39, 0.29) is 5.41 Å². The molecule has 80 valence electrons. The van der Waals surface area contributed by atoms with Crippen LogP contribution in [0.1, 0.15) is 33.0 Å². The summed E-state index contributed by atoms with van der Waals surface area (Å²) in [7, 11) is 0. The molecule has 0 saturated carbocycles. The summed E-state index contributed by atoms with van der Waals surface area (Å²) in [6, 6.07) is 0. The fourth-order valence-corrected chi connectivity index (χ4v) is 1.39. The van der Waals surface area contributed by atoms with Crippen molar-refractivity contribution in [3.05, 3.63) is 12.2 Å². The summed E-state index contributed by atoms with van der Waals surface area (Å²) in [4.78, 5) is 4.26. The smallest absolute Gasteiger partial charge is 0.138 e. The van der Waals surface area contributed by atoms with Crippen molar-refractivity contribution in [1.82, 2.24) is 14.8 Å². The fourth-order valence-electron chi connectivity index (χ4n) is 1.30. The highest BCUT2D eigenvalue weighted by Gasteiger charge is 2.20. The van der Waals surface area contributed by atoms with E-state index in [4.69, 9.17) is 11.6 Å². The Kier molecular flexibility index (Phi) is 3.93. The van der Waals surface area contributed by atoms with Crippen molar-refractivity contribution in [3.63, 3.8) is 0 Å². The average molecular weight is 216 g/mol. The van der Waals surface area contributed by atoms with Crippen LogP contribution in [-0.2, 0) is 13.0 Å². The SMILES string of the molecule is CCCn1ncnc1CC(C)(C)CCl. The molecular formula is C10H18ClN3. The molecule has 4 heteroatoms. The molecule has 0 unspecified atom stereocenters. The second-order valence-corrected chi connectivity index (χ2v) is 4.64. The highest BCUT2D eigenvalue weighted by atomic mass is 35.5. The minimum Gasteiger partial charge on any atom is -0.250 e. The predicted molar refractivity (Wildman–Crippen MR) is 58.5 cm³/mol. The lowest BCUT2D eigenvalue weighted by atomic mass is 9.91. The summed E-state index contributed by atoms with van der Waals surface area (Å²) in [5, 5.41) is 4.19. The van der Waals surface area contributed by atoms with Crippen LogP contribution in [0, 0.1) is 5.41 Å². The summed E-state index contributed by atoms with van der Waals surface area (Å²) in [5.41, 5.74) is 0.0973. The molecule has 0 amide bonds. The van der Waals surface area contributed by atoms with Crippen molar-refractivity contribution in [3.8, 4) is 0 Å². The van der Waals surface area contributed by atoms with Crippen LogP contribution in [0.3, 0.4) is 0 Å². The van der Waals surface area contributed by atoms with Gasteiger partial charge in [-0.05, 0) is 11.8 Å². The second kappa shape index (κ2) is 4.78. The normalized spacial score (nSPS) is 12.0. The molecule has 0 aliphatic rings. The van der Waals surface area contributed by atoms with Crippen LogP contribution in [0.15, 0.2) is 6.33 Å². The Morgan fingerprint density at radius 3 is 2.79 bits per heavy atom. The van der Waals surface area contributed by atoms with Gasteiger partial charge < -0.3 is 0 Å². The standard InChI is InChI=1S/C10H18ClN3/c1-4-5-14-9(12-8-13-14)6-10(2,3)7-11/h8H,4-7H2,1-3H3. The Morgan fingerprint density at radius 1 is 1.50 bits per heavy atom. The third-order valence-corrected chi connectivity index (χ3v) is 2.85. The lowest BCUT2D eigenvalue weighted by Gasteiger charge is -2.20. The van der Waals surface area contributed by atoms with Gasteiger partial charge in [-0.15, -0.1) is 11.6 Å². The maximum atomic E-state index is 5.88. The molecule has 0 aromatic carbocycles. The summed E-state index contributed by atoms with van der Waals surface area (Å²) < 4.78 is 1.97. The first-order valence-electron chi connectivity index (χ1n) is 5.01. The number of aromatic nitrogens is 3. The van der Waals surface area contributed by atoms with Crippen LogP contribution >= 0.6 is 11.6 Å². The van der Waals surface area contributed by atoms with Gasteiger partial charge in [-0.25, -0.2) is 4.98 Å². The van der Waals surface area contributed by atoms with E-state index in [9.17, 15) is 0 Å². The van der Waals surface area contributed by atoms with E-state index in [1.54, 1.807) is 6.33 Å². The van der Waals surface area contributed by atoms with Gasteiger partial charge >= 0.3 is 0 Å². The molecule has 1 aromatic rings. The highest BCUT2D eigenvalue weighted by Crippen LogP contribution is 2.22. The molecule has 0 radical (unpaired) electrons. The lowest BCUT2D eigenvalue weighted by molar-refractivity contribution is 0.391. The zero-order valence-electron chi connectivity index (χ0n) is 9.13. The molecule has 0 N–H and O–H groups in total. The Hall–Kier alpha value is -0.570. The van der Waals surface area contributed by atoms with Crippen molar-refractivity contribution in [2.75, 3.05) is 5.88 Å². The molecule has 3 nitrogen and oxygen atoms in total. The summed E-state index contributed by atoms with van der Waals surface area (Å²) >= 11 is 5.88. The van der Waals surface area contributed by atoms with Crippen LogP contribution in [0.25, 0.3) is 0 Å². The van der Waals surface area contributed by atoms with Crippen LogP contribution in [-0.4, -0.2) is 20.6 Å². The second-order valence-electron chi connectivity index (χ2n) is 4.37. The number of hydrogen-bond donors (Lipinski definition) is 0. The Balaban J connectivity index is 2.70. The van der Waals surface area contributed by atoms with Gasteiger partial charge in [0, 0.05) is 18.8 Å². The van der Waals surface area contributed by atoms with E-state index in [1.165, 1.54) is 0 Å². The van der Waals surface area contributed by atoms with Crippen LogP contribution in [0.5, 0.6) is 0 Å². The molecule has 0 spiro atoms. The van der Waals surface area contributed by atoms with Crippen molar-refractivity contribution < 1.29 is 0 Å². The van der Waals surface area contributed by atoms with Gasteiger partial charge in [0.25, 0.3) is 0 Å². The predicted octanol–water partition coefficient (Wildman–Crippen LogP) is 2.50. The molecule has 0 atom stereocenters. The first-order valence-corrected chi connectivity index (χ1v) is 5.55. The minimum atomic E-state index is 0.0973. The zero-order chi connectivity index (χ0) is 10.6. The van der Waals surface area contributed by atoms with Crippen molar-refractivity contribution in [2.45, 2.75) is 40.2 Å². The third kappa shape index (κ3) is 2.98. The van der Waals surface area contributed by atoms with E-state index in [2.05, 4.69) is 30.9 Å². The van der Waals surface area contributed by atoms with Crippen molar-refractivity contribution in [2.24, 2.45) is 5.41 Å². The van der Waals surface area contributed by atoms with E-state index >= 15 is 0 Å². The largest absolute Gasteiger partial charge is 0.250 e. The topological polar surface area (TPSA) is 30.7 Å². The number of rotatable bonds is 5. The summed E-state index contributed by atoms with van der Waals surface area (Å²) in [6.45, 7) is 7.36. The summed E-state index contributed by atoms with van der Waals surface area (Å²) in [6.07, 6.45) is 3.59. The summed E-state index contributed by atoms with van der Waals surface area (Å²) in [5.74, 6) is 1.68. The van der Waals surface area contributed by atoms with E-state index in [1.807, 2.05) is 4.68 Å². The lowest BCUT2D eigenvalue weighted by Crippen LogP contribution is -2.20. The molecule has 0 fully saturated rings. The van der Waals surface area contributed by atoms with Gasteiger partial charge in [-0.2, -0.15) is 5.10 Å². The fraction of sp³-hybridized carbons (Fsp3) is 0.800. The molecule has 1 aromatic heterocycles. The zero-order valence-corrected chi connectivity index (χ0v) is 9.88. The monoisotopic (exact) mass is 215 g/mol. The number of alkyl halides is 1. The first-order chi connectivity index (χ1) is 6.59. The highest BCUT2D eigenvalue weighted by molar-refractivity contribution is 6.18. The van der Waals surface area contributed by atoms with Crippen LogP contribution in [0.4, 0.5) is 0 Å². The molecule has 0 bridgehead atoms. The quantitative estimate of drug-likeness (QED) is 0.707. The van der Waals surface area contributed by atoms with Crippen molar-refractivity contribution >= 4 is 11.6 Å². The first kappa shape index (κ1) is 11.5. The van der Waals surface area contributed by atoms with E-state index in [0.29, 0.717) is 5.88 Å². The molecule has 14 heavy (non-hydrogen) atoms. The maximum absolute atomic E-state index is 5.88. The van der Waals surface area contributed by atoms with Gasteiger partial charge in [-0.3, -0.25) is 4.68 Å². The average Bonchev–Trinajstić information content (AvgIpc) is 2.53. The Morgan fingerprint density at radius 2 is 2.21 bits per heavy atom. The van der Waals surface area contributed by atoms with E-state index < -0.39 is 0 Å². The molecule has 0 saturated heterocycles. The molecule has 1 heterocycles. The molecule has 1 rings (SSSR count). The maximum Gasteiger partial charge on any atom is 0.138 e. The van der Waals surface area contributed by atoms with Gasteiger partial charge in [0.05, 0.1) is 0 Å². The van der Waals surface area contributed by atoms with Crippen LogP contribution < -0.4 is 0 Å². The molecule has 0 aliphatic carbocycles. The Bertz CT molecular complexity index is 281. The third-order valence-electron chi connectivity index (χ3n) is 2.13.